The molecule has 1 aliphatic carbocycles. The molecule has 1 aliphatic heterocycles. The fourth-order valence-electron chi connectivity index (χ4n) is 3.86. The van der Waals surface area contributed by atoms with Crippen molar-refractivity contribution >= 4 is 28.9 Å². The summed E-state index contributed by atoms with van der Waals surface area (Å²) in [6.45, 7) is 4.19. The molecule has 0 saturated carbocycles. The number of fused-ring (bicyclic) bond motifs is 3. The third kappa shape index (κ3) is 2.94. The lowest BCUT2D eigenvalue weighted by Gasteiger charge is -2.38. The fraction of sp³-hybridized carbons (Fsp3) is 0.238. The lowest BCUT2D eigenvalue weighted by Crippen LogP contribution is -2.29. The van der Waals surface area contributed by atoms with E-state index in [2.05, 4.69) is 42.2 Å². The number of halogens is 2. The third-order valence-corrected chi connectivity index (χ3v) is 5.84. The summed E-state index contributed by atoms with van der Waals surface area (Å²) >= 11 is 12.7. The molecular formula is C21H19Cl2NO. The van der Waals surface area contributed by atoms with Crippen molar-refractivity contribution < 1.29 is 4.74 Å². The molecule has 0 unspecified atom stereocenters. The van der Waals surface area contributed by atoms with E-state index < -0.39 is 0 Å². The Morgan fingerprint density at radius 3 is 2.72 bits per heavy atom. The summed E-state index contributed by atoms with van der Waals surface area (Å²) in [5, 5.41) is 4.83. The first-order valence-corrected chi connectivity index (χ1v) is 9.19. The second kappa shape index (κ2) is 6.78. The topological polar surface area (TPSA) is 21.3 Å². The van der Waals surface area contributed by atoms with Gasteiger partial charge < -0.3 is 10.1 Å². The second-order valence-corrected chi connectivity index (χ2v) is 7.25. The molecule has 0 radical (unpaired) electrons. The molecule has 2 aromatic rings. The largest absolute Gasteiger partial charge is 0.490 e. The van der Waals surface area contributed by atoms with E-state index in [-0.39, 0.29) is 6.04 Å². The van der Waals surface area contributed by atoms with E-state index in [0.29, 0.717) is 28.5 Å². The van der Waals surface area contributed by atoms with Crippen LogP contribution in [0.2, 0.25) is 10.0 Å². The Labute approximate surface area is 158 Å². The van der Waals surface area contributed by atoms with Crippen molar-refractivity contribution in [1.82, 2.24) is 0 Å². The normalized spacial score (nSPS) is 23.5. The van der Waals surface area contributed by atoms with Gasteiger partial charge in [0.2, 0.25) is 0 Å². The van der Waals surface area contributed by atoms with Crippen LogP contribution >= 0.6 is 23.2 Å². The summed E-state index contributed by atoms with van der Waals surface area (Å²) in [7, 11) is 0. The fourth-order valence-corrected chi connectivity index (χ4v) is 4.24. The van der Waals surface area contributed by atoms with Gasteiger partial charge in [-0.25, -0.2) is 0 Å². The van der Waals surface area contributed by atoms with E-state index >= 15 is 0 Å². The predicted octanol–water partition coefficient (Wildman–Crippen LogP) is 6.38. The molecule has 3 atom stereocenters. The molecule has 128 valence electrons. The van der Waals surface area contributed by atoms with Crippen molar-refractivity contribution in [3.63, 3.8) is 0 Å². The quantitative estimate of drug-likeness (QED) is 0.629. The van der Waals surface area contributed by atoms with Crippen LogP contribution in [-0.4, -0.2) is 6.61 Å². The highest BCUT2D eigenvalue weighted by Gasteiger charge is 2.38. The highest BCUT2D eigenvalue weighted by atomic mass is 35.5. The highest BCUT2D eigenvalue weighted by molar-refractivity contribution is 6.43. The van der Waals surface area contributed by atoms with Crippen LogP contribution in [0.5, 0.6) is 5.75 Å². The van der Waals surface area contributed by atoms with Crippen LogP contribution in [0.4, 0.5) is 5.69 Å². The van der Waals surface area contributed by atoms with Gasteiger partial charge in [-0.15, -0.1) is 0 Å². The lowest BCUT2D eigenvalue weighted by atomic mass is 9.77. The molecule has 0 fully saturated rings. The van der Waals surface area contributed by atoms with Crippen LogP contribution in [0.15, 0.2) is 61.2 Å². The van der Waals surface area contributed by atoms with Gasteiger partial charge in [0.15, 0.2) is 0 Å². The van der Waals surface area contributed by atoms with E-state index in [4.69, 9.17) is 27.9 Å². The minimum absolute atomic E-state index is 0.192. The van der Waals surface area contributed by atoms with Crippen LogP contribution in [-0.2, 0) is 0 Å². The van der Waals surface area contributed by atoms with Crippen LogP contribution in [0.25, 0.3) is 0 Å². The van der Waals surface area contributed by atoms with E-state index in [1.807, 2.05) is 18.2 Å². The number of anilines is 1. The minimum atomic E-state index is 0.192. The number of ether oxygens (including phenoxy) is 1. The van der Waals surface area contributed by atoms with Gasteiger partial charge in [-0.3, -0.25) is 0 Å². The number of hydrogen-bond donors (Lipinski definition) is 1. The van der Waals surface area contributed by atoms with Crippen molar-refractivity contribution in [2.24, 2.45) is 5.92 Å². The number of benzene rings is 2. The van der Waals surface area contributed by atoms with Crippen molar-refractivity contribution in [3.8, 4) is 5.75 Å². The van der Waals surface area contributed by atoms with E-state index in [9.17, 15) is 0 Å². The van der Waals surface area contributed by atoms with Crippen LogP contribution < -0.4 is 10.1 Å². The monoisotopic (exact) mass is 371 g/mol. The van der Waals surface area contributed by atoms with Crippen molar-refractivity contribution in [2.45, 2.75) is 18.4 Å². The average molecular weight is 372 g/mol. The molecule has 25 heavy (non-hydrogen) atoms. The first-order chi connectivity index (χ1) is 12.2. The molecule has 0 aromatic heterocycles. The summed E-state index contributed by atoms with van der Waals surface area (Å²) in [6, 6.07) is 12.4. The smallest absolute Gasteiger partial charge is 0.119 e. The van der Waals surface area contributed by atoms with E-state index in [0.717, 1.165) is 17.9 Å². The Kier molecular flexibility index (Phi) is 4.49. The molecule has 2 aromatic carbocycles. The lowest BCUT2D eigenvalue weighted by molar-refractivity contribution is 0.362. The molecule has 0 amide bonds. The highest BCUT2D eigenvalue weighted by Crippen LogP contribution is 2.52. The zero-order chi connectivity index (χ0) is 17.4. The van der Waals surface area contributed by atoms with Crippen molar-refractivity contribution in [3.05, 3.63) is 82.4 Å². The molecule has 4 heteroatoms. The molecule has 2 aliphatic rings. The number of hydrogen-bond acceptors (Lipinski definition) is 2. The standard InChI is InChI=1S/C21H19Cl2NO/c1-2-12-25-14-8-6-13(7-9-14)20-16-5-3-4-15(16)17-10-11-18(22)19(23)21(17)24-20/h2-4,6-11,15-16,20,24H,1,5,12H2/t15-,16+,20+/m1/s1. The van der Waals surface area contributed by atoms with Gasteiger partial charge in [-0.1, -0.05) is 66.2 Å². The Balaban J connectivity index is 1.68. The maximum absolute atomic E-state index is 6.49. The zero-order valence-electron chi connectivity index (χ0n) is 13.7. The van der Waals surface area contributed by atoms with Crippen molar-refractivity contribution in [1.29, 1.82) is 0 Å². The Morgan fingerprint density at radius 1 is 1.16 bits per heavy atom. The molecular weight excluding hydrogens is 353 g/mol. The summed E-state index contributed by atoms with van der Waals surface area (Å²) in [6.07, 6.45) is 7.36. The molecule has 0 saturated heterocycles. The van der Waals surface area contributed by atoms with E-state index in [1.165, 1.54) is 11.1 Å². The second-order valence-electron chi connectivity index (χ2n) is 6.47. The first kappa shape index (κ1) is 16.6. The molecule has 2 nitrogen and oxygen atoms in total. The first-order valence-electron chi connectivity index (χ1n) is 8.44. The summed E-state index contributed by atoms with van der Waals surface area (Å²) < 4.78 is 5.59. The van der Waals surface area contributed by atoms with Gasteiger partial charge >= 0.3 is 0 Å². The molecule has 0 bridgehead atoms. The Morgan fingerprint density at radius 2 is 1.96 bits per heavy atom. The maximum Gasteiger partial charge on any atom is 0.119 e. The van der Waals surface area contributed by atoms with E-state index in [1.54, 1.807) is 6.08 Å². The van der Waals surface area contributed by atoms with Gasteiger partial charge in [0.05, 0.1) is 21.8 Å². The summed E-state index contributed by atoms with van der Waals surface area (Å²) in [5.74, 6) is 1.69. The molecule has 1 heterocycles. The van der Waals surface area contributed by atoms with Gasteiger partial charge in [0, 0.05) is 5.92 Å². The third-order valence-electron chi connectivity index (χ3n) is 5.03. The Bertz CT molecular complexity index is 829. The molecule has 1 N–H and O–H groups in total. The molecule has 0 spiro atoms. The number of nitrogens with one attached hydrogen (secondary N) is 1. The zero-order valence-corrected chi connectivity index (χ0v) is 15.2. The van der Waals surface area contributed by atoms with Gasteiger partial charge in [0.1, 0.15) is 12.4 Å². The molecule has 4 rings (SSSR count). The SMILES string of the molecule is C=CCOc1ccc([C@@H]2Nc3c(ccc(Cl)c3Cl)[C@@H]3C=CC[C@@H]32)cc1. The van der Waals surface area contributed by atoms with Crippen LogP contribution in [0.3, 0.4) is 0 Å². The predicted molar refractivity (Wildman–Crippen MR) is 105 cm³/mol. The maximum atomic E-state index is 6.49. The minimum Gasteiger partial charge on any atom is -0.490 e. The summed E-state index contributed by atoms with van der Waals surface area (Å²) in [5.41, 5.74) is 3.42. The number of rotatable bonds is 4. The van der Waals surface area contributed by atoms with Crippen LogP contribution in [0, 0.1) is 5.92 Å². The van der Waals surface area contributed by atoms with Crippen LogP contribution in [0.1, 0.15) is 29.5 Å². The number of allylic oxidation sites excluding steroid dienone is 2. The van der Waals surface area contributed by atoms with Gasteiger partial charge in [0.25, 0.3) is 0 Å². The Hall–Kier alpha value is -1.90. The summed E-state index contributed by atoms with van der Waals surface area (Å²) in [4.78, 5) is 0. The van der Waals surface area contributed by atoms with Crippen molar-refractivity contribution in [2.75, 3.05) is 11.9 Å². The average Bonchev–Trinajstić information content (AvgIpc) is 3.13. The van der Waals surface area contributed by atoms with Gasteiger partial charge in [-0.05, 0) is 41.7 Å². The van der Waals surface area contributed by atoms with Gasteiger partial charge in [-0.2, -0.15) is 0 Å².